The van der Waals surface area contributed by atoms with E-state index in [4.69, 9.17) is 9.84 Å². The van der Waals surface area contributed by atoms with E-state index in [0.29, 0.717) is 6.61 Å². The highest BCUT2D eigenvalue weighted by Gasteiger charge is 2.09. The van der Waals surface area contributed by atoms with Crippen molar-refractivity contribution < 1.29 is 14.6 Å². The predicted octanol–water partition coefficient (Wildman–Crippen LogP) is 2.21. The van der Waals surface area contributed by atoms with E-state index in [1.165, 1.54) is 11.5 Å². The number of thioether (sulfide) groups is 1. The minimum Gasteiger partial charge on any atom is -0.492 e. The molecule has 0 aliphatic carbocycles. The van der Waals surface area contributed by atoms with E-state index in [1.807, 2.05) is 36.0 Å². The number of carbonyl (C=O) groups is 1. The zero-order valence-electron chi connectivity index (χ0n) is 11.3. The number of ether oxygens (including phenoxy) is 1. The molecule has 4 nitrogen and oxygen atoms in total. The van der Waals surface area contributed by atoms with Gasteiger partial charge in [-0.1, -0.05) is 12.1 Å². The summed E-state index contributed by atoms with van der Waals surface area (Å²) < 4.78 is 5.70. The van der Waals surface area contributed by atoms with Crippen molar-refractivity contribution in [3.05, 3.63) is 35.9 Å². The summed E-state index contributed by atoms with van der Waals surface area (Å²) in [6, 6.07) is 7.44. The number of hydrogen-bond donors (Lipinski definition) is 1. The third-order valence-electron chi connectivity index (χ3n) is 3.08. The molecule has 2 rings (SSSR count). The van der Waals surface area contributed by atoms with Gasteiger partial charge in [-0.25, -0.2) is 4.79 Å². The molecule has 0 unspecified atom stereocenters. The second kappa shape index (κ2) is 7.97. The molecular formula is C15H19NO3S. The Balaban J connectivity index is 1.74. The fraction of sp³-hybridized carbons (Fsp3) is 0.400. The largest absolute Gasteiger partial charge is 0.492 e. The Hall–Kier alpha value is -1.46. The van der Waals surface area contributed by atoms with Crippen molar-refractivity contribution in [3.8, 4) is 5.75 Å². The molecule has 1 aliphatic rings. The van der Waals surface area contributed by atoms with E-state index in [2.05, 4.69) is 4.90 Å². The second-order valence-electron chi connectivity index (χ2n) is 4.54. The van der Waals surface area contributed by atoms with Gasteiger partial charge in [0.25, 0.3) is 0 Å². The Kier molecular flexibility index (Phi) is 5.95. The lowest BCUT2D eigenvalue weighted by atomic mass is 10.2. The van der Waals surface area contributed by atoms with E-state index in [0.717, 1.165) is 37.0 Å². The van der Waals surface area contributed by atoms with Crippen molar-refractivity contribution in [3.63, 3.8) is 0 Å². The van der Waals surface area contributed by atoms with E-state index in [1.54, 1.807) is 6.08 Å². The van der Waals surface area contributed by atoms with Crippen LogP contribution in [-0.4, -0.2) is 53.7 Å². The normalized spacial score (nSPS) is 16.4. The quantitative estimate of drug-likeness (QED) is 0.815. The molecule has 1 aliphatic heterocycles. The van der Waals surface area contributed by atoms with Gasteiger partial charge in [-0.2, -0.15) is 11.8 Å². The topological polar surface area (TPSA) is 49.8 Å². The van der Waals surface area contributed by atoms with Crippen LogP contribution < -0.4 is 4.74 Å². The van der Waals surface area contributed by atoms with Crippen LogP contribution >= 0.6 is 11.8 Å². The summed E-state index contributed by atoms with van der Waals surface area (Å²) in [6.45, 7) is 3.94. The predicted molar refractivity (Wildman–Crippen MR) is 82.4 cm³/mol. The molecule has 0 atom stereocenters. The van der Waals surface area contributed by atoms with Crippen molar-refractivity contribution in [1.82, 2.24) is 4.90 Å². The Morgan fingerprint density at radius 1 is 1.30 bits per heavy atom. The van der Waals surface area contributed by atoms with Crippen molar-refractivity contribution in [2.24, 2.45) is 0 Å². The van der Waals surface area contributed by atoms with Gasteiger partial charge in [0.1, 0.15) is 12.4 Å². The van der Waals surface area contributed by atoms with Crippen LogP contribution in [0.25, 0.3) is 6.08 Å². The summed E-state index contributed by atoms with van der Waals surface area (Å²) in [5.74, 6) is 2.31. The molecule has 1 saturated heterocycles. The zero-order chi connectivity index (χ0) is 14.2. The minimum absolute atomic E-state index is 0.689. The molecule has 1 aromatic rings. The van der Waals surface area contributed by atoms with Gasteiger partial charge in [0.15, 0.2) is 0 Å². The van der Waals surface area contributed by atoms with Gasteiger partial charge in [0.2, 0.25) is 0 Å². The lowest BCUT2D eigenvalue weighted by molar-refractivity contribution is -0.131. The lowest BCUT2D eigenvalue weighted by Crippen LogP contribution is -2.35. The van der Waals surface area contributed by atoms with Crippen LogP contribution in [0.5, 0.6) is 5.75 Å². The Labute approximate surface area is 123 Å². The molecule has 20 heavy (non-hydrogen) atoms. The molecule has 0 aromatic heterocycles. The number of carboxylic acids is 1. The molecule has 1 aromatic carbocycles. The number of carboxylic acid groups (broad SMARTS) is 1. The first kappa shape index (κ1) is 14.9. The van der Waals surface area contributed by atoms with Gasteiger partial charge in [0.05, 0.1) is 0 Å². The van der Waals surface area contributed by atoms with Crippen molar-refractivity contribution >= 4 is 23.8 Å². The fourth-order valence-electron chi connectivity index (χ4n) is 1.96. The smallest absolute Gasteiger partial charge is 0.328 e. The maximum Gasteiger partial charge on any atom is 0.328 e. The van der Waals surface area contributed by atoms with Crippen LogP contribution in [0.2, 0.25) is 0 Å². The minimum atomic E-state index is -0.940. The summed E-state index contributed by atoms with van der Waals surface area (Å²) in [4.78, 5) is 12.8. The summed E-state index contributed by atoms with van der Waals surface area (Å²) in [6.07, 6.45) is 2.70. The number of aliphatic carboxylic acids is 1. The maximum absolute atomic E-state index is 10.4. The Morgan fingerprint density at radius 3 is 2.65 bits per heavy atom. The zero-order valence-corrected chi connectivity index (χ0v) is 12.1. The van der Waals surface area contributed by atoms with Crippen LogP contribution in [0, 0.1) is 0 Å². The number of nitrogens with zero attached hydrogens (tertiary/aromatic N) is 1. The fourth-order valence-corrected chi connectivity index (χ4v) is 2.94. The molecule has 5 heteroatoms. The summed E-state index contributed by atoms with van der Waals surface area (Å²) in [7, 11) is 0. The molecule has 108 valence electrons. The lowest BCUT2D eigenvalue weighted by Gasteiger charge is -2.25. The number of benzene rings is 1. The summed E-state index contributed by atoms with van der Waals surface area (Å²) >= 11 is 2.01. The molecule has 0 radical (unpaired) electrons. The van der Waals surface area contributed by atoms with E-state index in [9.17, 15) is 4.79 Å². The first-order valence-corrected chi connectivity index (χ1v) is 7.83. The third kappa shape index (κ3) is 5.27. The van der Waals surface area contributed by atoms with Gasteiger partial charge >= 0.3 is 5.97 Å². The highest BCUT2D eigenvalue weighted by molar-refractivity contribution is 7.99. The van der Waals surface area contributed by atoms with Crippen LogP contribution in [-0.2, 0) is 4.79 Å². The van der Waals surface area contributed by atoms with Crippen LogP contribution in [0.1, 0.15) is 5.56 Å². The Bertz CT molecular complexity index is 453. The monoisotopic (exact) mass is 293 g/mol. The summed E-state index contributed by atoms with van der Waals surface area (Å²) in [5, 5.41) is 8.55. The molecule has 1 N–H and O–H groups in total. The van der Waals surface area contributed by atoms with Crippen LogP contribution in [0.15, 0.2) is 30.3 Å². The van der Waals surface area contributed by atoms with Gasteiger partial charge < -0.3 is 9.84 Å². The number of hydrogen-bond acceptors (Lipinski definition) is 4. The maximum atomic E-state index is 10.4. The van der Waals surface area contributed by atoms with Gasteiger partial charge in [-0.05, 0) is 23.8 Å². The first-order valence-electron chi connectivity index (χ1n) is 6.68. The molecule has 1 fully saturated rings. The van der Waals surface area contributed by atoms with Crippen LogP contribution in [0.4, 0.5) is 0 Å². The highest BCUT2D eigenvalue weighted by Crippen LogP contribution is 2.14. The SMILES string of the molecule is O=C(O)C=Cc1ccc(OCCN2CCSCC2)cc1. The van der Waals surface area contributed by atoms with Crippen molar-refractivity contribution in [2.75, 3.05) is 37.7 Å². The van der Waals surface area contributed by atoms with Crippen LogP contribution in [0.3, 0.4) is 0 Å². The summed E-state index contributed by atoms with van der Waals surface area (Å²) in [5.41, 5.74) is 0.854. The average Bonchev–Trinajstić information content (AvgIpc) is 2.47. The molecule has 0 amide bonds. The van der Waals surface area contributed by atoms with Crippen molar-refractivity contribution in [2.45, 2.75) is 0 Å². The van der Waals surface area contributed by atoms with Gasteiger partial charge in [0, 0.05) is 37.2 Å². The molecule has 0 spiro atoms. The highest BCUT2D eigenvalue weighted by atomic mass is 32.2. The third-order valence-corrected chi connectivity index (χ3v) is 4.02. The average molecular weight is 293 g/mol. The standard InChI is InChI=1S/C15H19NO3S/c17-15(18)6-3-13-1-4-14(5-2-13)19-10-7-16-8-11-20-12-9-16/h1-6H,7-12H2,(H,17,18). The van der Waals surface area contributed by atoms with Gasteiger partial charge in [-0.3, -0.25) is 4.90 Å². The van der Waals surface area contributed by atoms with Crippen molar-refractivity contribution in [1.29, 1.82) is 0 Å². The number of rotatable bonds is 6. The molecule has 1 heterocycles. The van der Waals surface area contributed by atoms with E-state index < -0.39 is 5.97 Å². The first-order chi connectivity index (χ1) is 9.74. The molecular weight excluding hydrogens is 274 g/mol. The molecule has 0 bridgehead atoms. The van der Waals surface area contributed by atoms with E-state index in [-0.39, 0.29) is 0 Å². The second-order valence-corrected chi connectivity index (χ2v) is 5.77. The Morgan fingerprint density at radius 2 is 2.00 bits per heavy atom. The molecule has 0 saturated carbocycles. The van der Waals surface area contributed by atoms with Gasteiger partial charge in [-0.15, -0.1) is 0 Å². The van der Waals surface area contributed by atoms with E-state index >= 15 is 0 Å².